The van der Waals surface area contributed by atoms with Crippen LogP contribution in [0.2, 0.25) is 0 Å². The van der Waals surface area contributed by atoms with E-state index < -0.39 is 0 Å². The number of aryl methyl sites for hydroxylation is 1. The summed E-state index contributed by atoms with van der Waals surface area (Å²) >= 11 is 3.41. The molecule has 0 saturated heterocycles. The summed E-state index contributed by atoms with van der Waals surface area (Å²) in [5, 5.41) is 2.71. The van der Waals surface area contributed by atoms with Crippen LogP contribution in [0.4, 0.5) is 5.69 Å². The summed E-state index contributed by atoms with van der Waals surface area (Å²) in [6.07, 6.45) is 3.96. The molecule has 5 nitrogen and oxygen atoms in total. The average Bonchev–Trinajstić information content (AvgIpc) is 2.56. The number of Topliss-reactive ketones (excluding diaryl/α,β-unsaturated/α-hetero) is 1. The highest BCUT2D eigenvalue weighted by Crippen LogP contribution is 2.40. The highest BCUT2D eigenvalue weighted by atomic mass is 79.9. The fraction of sp³-hybridized carbons (Fsp3) is 0.526. The molecule has 25 heavy (non-hydrogen) atoms. The molecule has 1 aromatic carbocycles. The summed E-state index contributed by atoms with van der Waals surface area (Å²) in [7, 11) is 0. The van der Waals surface area contributed by atoms with E-state index >= 15 is 0 Å². The molecule has 3 rings (SSSR count). The number of fused-ring (bicyclic) bond motifs is 2. The first-order valence-electron chi connectivity index (χ1n) is 8.70. The summed E-state index contributed by atoms with van der Waals surface area (Å²) in [5.41, 5.74) is 1.72. The Balaban J connectivity index is 1.49. The van der Waals surface area contributed by atoms with Crippen LogP contribution >= 0.6 is 15.9 Å². The van der Waals surface area contributed by atoms with Crippen molar-refractivity contribution in [3.8, 4) is 0 Å². The molecule has 1 amide bonds. The lowest BCUT2D eigenvalue weighted by Crippen LogP contribution is -2.40. The Hall–Kier alpha value is -1.69. The van der Waals surface area contributed by atoms with E-state index in [0.717, 1.165) is 29.3 Å². The van der Waals surface area contributed by atoms with Crippen molar-refractivity contribution in [3.05, 3.63) is 28.2 Å². The summed E-state index contributed by atoms with van der Waals surface area (Å²) in [5.74, 6) is -0.652. The number of hydrogen-bond acceptors (Lipinski definition) is 4. The maximum atomic E-state index is 12.3. The van der Waals surface area contributed by atoms with Crippen molar-refractivity contribution < 1.29 is 19.1 Å². The molecular weight excluding hydrogens is 386 g/mol. The number of ketones is 1. The van der Waals surface area contributed by atoms with E-state index in [0.29, 0.717) is 24.3 Å². The zero-order valence-electron chi connectivity index (χ0n) is 14.2. The summed E-state index contributed by atoms with van der Waals surface area (Å²) in [6.45, 7) is 1.66. The van der Waals surface area contributed by atoms with E-state index in [1.165, 1.54) is 0 Å². The molecule has 1 aromatic rings. The monoisotopic (exact) mass is 407 g/mol. The first-order valence-corrected chi connectivity index (χ1v) is 9.49. The Morgan fingerprint density at radius 2 is 1.92 bits per heavy atom. The lowest BCUT2D eigenvalue weighted by atomic mass is 9.67. The van der Waals surface area contributed by atoms with Gasteiger partial charge in [-0.1, -0.05) is 28.4 Å². The second-order valence-electron chi connectivity index (χ2n) is 7.02. The molecule has 6 heteroatoms. The van der Waals surface area contributed by atoms with Gasteiger partial charge >= 0.3 is 5.97 Å². The number of ether oxygens (including phenoxy) is 1. The molecule has 2 fully saturated rings. The molecule has 134 valence electrons. The van der Waals surface area contributed by atoms with Crippen LogP contribution < -0.4 is 5.32 Å². The molecular formula is C19H22BrNO4. The molecule has 1 N–H and O–H groups in total. The number of hydrogen-bond donors (Lipinski definition) is 1. The smallest absolute Gasteiger partial charge is 0.309 e. The van der Waals surface area contributed by atoms with Crippen LogP contribution in [0.15, 0.2) is 22.7 Å². The Kier molecular flexibility index (Phi) is 5.57. The van der Waals surface area contributed by atoms with Crippen molar-refractivity contribution in [3.63, 3.8) is 0 Å². The predicted octanol–water partition coefficient (Wildman–Crippen LogP) is 3.63. The molecule has 2 aliphatic carbocycles. The van der Waals surface area contributed by atoms with E-state index in [4.69, 9.17) is 4.74 Å². The number of anilines is 1. The van der Waals surface area contributed by atoms with E-state index in [-0.39, 0.29) is 36.2 Å². The van der Waals surface area contributed by atoms with Gasteiger partial charge in [0.2, 0.25) is 0 Å². The van der Waals surface area contributed by atoms with E-state index in [1.807, 2.05) is 19.1 Å². The van der Waals surface area contributed by atoms with Gasteiger partial charge in [0.05, 0.1) is 5.92 Å². The zero-order chi connectivity index (χ0) is 18.0. The predicted molar refractivity (Wildman–Crippen MR) is 97.0 cm³/mol. The molecule has 2 saturated carbocycles. The third kappa shape index (κ3) is 4.29. The molecule has 0 aromatic heterocycles. The average molecular weight is 408 g/mol. The lowest BCUT2D eigenvalue weighted by Gasteiger charge is -2.36. The third-order valence-electron chi connectivity index (χ3n) is 5.18. The van der Waals surface area contributed by atoms with Crippen LogP contribution in [0.3, 0.4) is 0 Å². The number of nitrogens with one attached hydrogen (secondary N) is 1. The Labute approximate surface area is 155 Å². The van der Waals surface area contributed by atoms with Gasteiger partial charge in [0.15, 0.2) is 6.61 Å². The number of esters is 1. The van der Waals surface area contributed by atoms with Gasteiger partial charge in [-0.15, -0.1) is 0 Å². The zero-order valence-corrected chi connectivity index (χ0v) is 15.8. The van der Waals surface area contributed by atoms with Gasteiger partial charge in [0.1, 0.15) is 5.78 Å². The van der Waals surface area contributed by atoms with Gasteiger partial charge in [-0.05, 0) is 50.3 Å². The van der Waals surface area contributed by atoms with Gasteiger partial charge < -0.3 is 10.1 Å². The van der Waals surface area contributed by atoms with Crippen LogP contribution in [-0.2, 0) is 19.1 Å². The molecule has 0 heterocycles. The first kappa shape index (κ1) is 18.1. The third-order valence-corrected chi connectivity index (χ3v) is 6.04. The normalized spacial score (nSPS) is 25.4. The quantitative estimate of drug-likeness (QED) is 0.773. The van der Waals surface area contributed by atoms with E-state index in [2.05, 4.69) is 21.2 Å². The van der Waals surface area contributed by atoms with Gasteiger partial charge in [-0.3, -0.25) is 14.4 Å². The second-order valence-corrected chi connectivity index (χ2v) is 7.87. The fourth-order valence-corrected chi connectivity index (χ4v) is 4.17. The first-order chi connectivity index (χ1) is 11.9. The van der Waals surface area contributed by atoms with Crippen LogP contribution in [0.25, 0.3) is 0 Å². The van der Waals surface area contributed by atoms with Crippen LogP contribution in [-0.4, -0.2) is 24.3 Å². The summed E-state index contributed by atoms with van der Waals surface area (Å²) in [6, 6.07) is 5.50. The van der Waals surface area contributed by atoms with Gasteiger partial charge in [0.25, 0.3) is 5.91 Å². The maximum Gasteiger partial charge on any atom is 0.309 e. The van der Waals surface area contributed by atoms with Crippen LogP contribution in [0, 0.1) is 24.7 Å². The van der Waals surface area contributed by atoms with Gasteiger partial charge in [0, 0.05) is 22.0 Å². The van der Waals surface area contributed by atoms with E-state index in [9.17, 15) is 14.4 Å². The molecule has 0 aliphatic heterocycles. The minimum atomic E-state index is -0.365. The van der Waals surface area contributed by atoms with Crippen molar-refractivity contribution >= 4 is 39.3 Å². The van der Waals surface area contributed by atoms with Gasteiger partial charge in [-0.25, -0.2) is 0 Å². The largest absolute Gasteiger partial charge is 0.455 e. The van der Waals surface area contributed by atoms with Crippen molar-refractivity contribution in [2.24, 2.45) is 17.8 Å². The van der Waals surface area contributed by atoms with Crippen molar-refractivity contribution in [1.82, 2.24) is 0 Å². The molecule has 2 atom stereocenters. The van der Waals surface area contributed by atoms with Crippen molar-refractivity contribution in [1.29, 1.82) is 0 Å². The second kappa shape index (κ2) is 7.68. The number of benzene rings is 1. The molecule has 2 bridgehead atoms. The highest BCUT2D eigenvalue weighted by molar-refractivity contribution is 9.10. The van der Waals surface area contributed by atoms with Gasteiger partial charge in [-0.2, -0.15) is 0 Å². The number of amides is 1. The number of carbonyl (C=O) groups is 3. The fourth-order valence-electron chi connectivity index (χ4n) is 3.79. The number of carbonyl (C=O) groups excluding carboxylic acids is 3. The molecule has 0 spiro atoms. The maximum absolute atomic E-state index is 12.3. The Morgan fingerprint density at radius 1 is 1.24 bits per heavy atom. The SMILES string of the molecule is Cc1ccc(NC(=O)COC(=O)C2C[C@H]3CCC[C@H](C2)C3=O)cc1Br. The molecule has 2 aliphatic rings. The summed E-state index contributed by atoms with van der Waals surface area (Å²) < 4.78 is 6.10. The minimum absolute atomic E-state index is 0.00350. The van der Waals surface area contributed by atoms with Crippen molar-refractivity contribution in [2.45, 2.75) is 39.0 Å². The topological polar surface area (TPSA) is 72.5 Å². The molecule has 0 radical (unpaired) electrons. The van der Waals surface area contributed by atoms with Crippen LogP contribution in [0.5, 0.6) is 0 Å². The number of rotatable bonds is 4. The Bertz CT molecular complexity index is 687. The molecule has 0 unspecified atom stereocenters. The van der Waals surface area contributed by atoms with Crippen LogP contribution in [0.1, 0.15) is 37.7 Å². The minimum Gasteiger partial charge on any atom is -0.455 e. The Morgan fingerprint density at radius 3 is 2.56 bits per heavy atom. The van der Waals surface area contributed by atoms with Crippen molar-refractivity contribution in [2.75, 3.05) is 11.9 Å². The van der Waals surface area contributed by atoms with E-state index in [1.54, 1.807) is 6.07 Å². The lowest BCUT2D eigenvalue weighted by molar-refractivity contribution is -0.155. The summed E-state index contributed by atoms with van der Waals surface area (Å²) in [4.78, 5) is 36.3. The standard InChI is InChI=1S/C19H22BrNO4/c1-11-5-6-15(9-16(11)20)21-17(22)10-25-19(24)14-7-12-3-2-4-13(8-14)18(12)23/h5-6,9,12-14H,2-4,7-8,10H2,1H3,(H,21,22)/t12-,13-/m1/s1. The highest BCUT2D eigenvalue weighted by Gasteiger charge is 2.41. The number of halogens is 1.